The fraction of sp³-hybridized carbons (Fsp3) is 0.818. The van der Waals surface area contributed by atoms with Gasteiger partial charge >= 0.3 is 0 Å². The van der Waals surface area contributed by atoms with Crippen molar-refractivity contribution in [3.63, 3.8) is 0 Å². The smallest absolute Gasteiger partial charge is 0.133 e. The van der Waals surface area contributed by atoms with Crippen LogP contribution in [0.3, 0.4) is 0 Å². The van der Waals surface area contributed by atoms with Crippen molar-refractivity contribution in [1.82, 2.24) is 9.91 Å². The van der Waals surface area contributed by atoms with Crippen LogP contribution in [0, 0.1) is 35.0 Å². The molecule has 7 rings (SSSR count). The van der Waals surface area contributed by atoms with E-state index < -0.39 is 0 Å². The molecule has 1 unspecified atom stereocenters. The Hall–Kier alpha value is -1.32. The predicted molar refractivity (Wildman–Crippen MR) is 101 cm³/mol. The van der Waals surface area contributed by atoms with Crippen LogP contribution in [0.4, 0.5) is 0 Å². The van der Waals surface area contributed by atoms with Gasteiger partial charge in [0.1, 0.15) is 17.8 Å². The number of ketones is 1. The van der Waals surface area contributed by atoms with Gasteiger partial charge in [-0.15, -0.1) is 0 Å². The lowest BCUT2D eigenvalue weighted by Gasteiger charge is -2.58. The first-order valence-electron chi connectivity index (χ1n) is 10.9. The van der Waals surface area contributed by atoms with Gasteiger partial charge in [0.2, 0.25) is 0 Å². The number of piperidine rings is 1. The van der Waals surface area contributed by atoms with Gasteiger partial charge in [0, 0.05) is 31.0 Å². The molecule has 5 aliphatic carbocycles. The quantitative estimate of drug-likeness (QED) is 0.753. The molecule has 0 radical (unpaired) electrons. The molecule has 5 saturated carbocycles. The third-order valence-electron chi connectivity index (χ3n) is 8.74. The average molecular weight is 354 g/mol. The van der Waals surface area contributed by atoms with Crippen LogP contribution in [0.2, 0.25) is 0 Å². The number of carbonyl (C=O) groups is 1. The summed E-state index contributed by atoms with van der Waals surface area (Å²) in [7, 11) is 0. The minimum absolute atomic E-state index is 0.322. The van der Waals surface area contributed by atoms with Crippen molar-refractivity contribution in [3.05, 3.63) is 12.8 Å². The fourth-order valence-electron chi connectivity index (χ4n) is 8.10. The van der Waals surface area contributed by atoms with E-state index in [9.17, 15) is 4.79 Å². The Morgan fingerprint density at radius 3 is 2.38 bits per heavy atom. The van der Waals surface area contributed by atoms with Crippen LogP contribution in [0.1, 0.15) is 64.2 Å². The van der Waals surface area contributed by atoms with Crippen LogP contribution in [0.25, 0.3) is 0 Å². The first kappa shape index (κ1) is 15.7. The van der Waals surface area contributed by atoms with E-state index in [2.05, 4.69) is 16.5 Å². The molecule has 0 spiro atoms. The monoisotopic (exact) mass is 353 g/mol. The van der Waals surface area contributed by atoms with Gasteiger partial charge in [0.25, 0.3) is 0 Å². The van der Waals surface area contributed by atoms with Gasteiger partial charge in [-0.1, -0.05) is 6.58 Å². The van der Waals surface area contributed by atoms with Gasteiger partial charge in [-0.05, 0) is 81.0 Å². The second-order valence-electron chi connectivity index (χ2n) is 10.4. The van der Waals surface area contributed by atoms with Gasteiger partial charge in [-0.25, -0.2) is 5.01 Å². The van der Waals surface area contributed by atoms with Crippen molar-refractivity contribution in [2.45, 2.75) is 70.4 Å². The van der Waals surface area contributed by atoms with Crippen LogP contribution >= 0.6 is 0 Å². The largest absolute Gasteiger partial charge is 0.336 e. The van der Waals surface area contributed by atoms with E-state index >= 15 is 0 Å². The van der Waals surface area contributed by atoms with Crippen molar-refractivity contribution in [3.8, 4) is 0 Å². The summed E-state index contributed by atoms with van der Waals surface area (Å²) in [5, 5.41) is 7.33. The molecule has 3 atom stereocenters. The highest BCUT2D eigenvalue weighted by atomic mass is 16.1. The van der Waals surface area contributed by atoms with Crippen molar-refractivity contribution < 1.29 is 4.79 Å². The first-order chi connectivity index (χ1) is 12.6. The van der Waals surface area contributed by atoms with E-state index in [0.29, 0.717) is 29.2 Å². The molecule has 0 aromatic heterocycles. The SMILES string of the molecule is C=CN1N=C(C23CC4CC(CC(C4)C2)C3)N2C[C@@H]3CCC(=O)C[C@@H]3CC12. The molecule has 1 saturated heterocycles. The lowest BCUT2D eigenvalue weighted by Crippen LogP contribution is -2.58. The number of hydrogen-bond donors (Lipinski definition) is 0. The summed E-state index contributed by atoms with van der Waals surface area (Å²) in [6.07, 6.45) is 14.6. The summed E-state index contributed by atoms with van der Waals surface area (Å²) in [5.74, 6) is 5.99. The number of hydrogen-bond acceptors (Lipinski definition) is 4. The Morgan fingerprint density at radius 1 is 1.04 bits per heavy atom. The van der Waals surface area contributed by atoms with E-state index in [4.69, 9.17) is 5.10 Å². The summed E-state index contributed by atoms with van der Waals surface area (Å²) in [5.41, 5.74) is 0.349. The Bertz CT molecular complexity index is 648. The van der Waals surface area contributed by atoms with Crippen LogP contribution in [-0.4, -0.2) is 34.2 Å². The Morgan fingerprint density at radius 2 is 1.73 bits per heavy atom. The third-order valence-corrected chi connectivity index (χ3v) is 8.74. The molecule has 4 bridgehead atoms. The number of nitrogens with zero attached hydrogens (tertiary/aromatic N) is 3. The van der Waals surface area contributed by atoms with E-state index in [1.54, 1.807) is 0 Å². The van der Waals surface area contributed by atoms with E-state index in [-0.39, 0.29) is 0 Å². The molecule has 0 aromatic carbocycles. The first-order valence-corrected chi connectivity index (χ1v) is 10.9. The second-order valence-corrected chi connectivity index (χ2v) is 10.4. The van der Waals surface area contributed by atoms with E-state index in [1.807, 2.05) is 6.20 Å². The normalized spacial score (nSPS) is 49.1. The molecule has 0 amide bonds. The highest BCUT2D eigenvalue weighted by molar-refractivity contribution is 5.90. The molecule has 0 aromatic rings. The molecule has 2 heterocycles. The summed E-state index contributed by atoms with van der Waals surface area (Å²) in [6, 6.07) is 0. The maximum Gasteiger partial charge on any atom is 0.133 e. The van der Waals surface area contributed by atoms with Gasteiger partial charge in [-0.3, -0.25) is 4.79 Å². The summed E-state index contributed by atoms with van der Waals surface area (Å²) in [6.45, 7) is 5.18. The zero-order valence-electron chi connectivity index (χ0n) is 15.8. The summed E-state index contributed by atoms with van der Waals surface area (Å²) in [4.78, 5) is 14.7. The van der Waals surface area contributed by atoms with Crippen molar-refractivity contribution in [2.75, 3.05) is 6.54 Å². The average Bonchev–Trinajstić information content (AvgIpc) is 2.97. The molecule has 0 N–H and O–H groups in total. The zero-order valence-corrected chi connectivity index (χ0v) is 15.8. The van der Waals surface area contributed by atoms with Gasteiger partial charge in [-0.2, -0.15) is 5.10 Å². The van der Waals surface area contributed by atoms with Crippen LogP contribution in [0.5, 0.6) is 0 Å². The number of amidine groups is 1. The molecular formula is C22H31N3O. The topological polar surface area (TPSA) is 35.9 Å². The lowest BCUT2D eigenvalue weighted by atomic mass is 9.49. The van der Waals surface area contributed by atoms with Crippen LogP contribution < -0.4 is 0 Å². The molecule has 4 heteroatoms. The van der Waals surface area contributed by atoms with E-state index in [1.165, 1.54) is 44.4 Å². The zero-order chi connectivity index (χ0) is 17.5. The standard InChI is InChI=1S/C22H31N3O/c1-2-25-20-9-18-8-19(26)4-3-17(18)13-24(20)21(23-25)22-10-14-5-15(11-22)7-16(6-14)12-22/h2,14-18,20H,1,3-13H2/t14?,15?,16?,17-,18+,20?,22?/m0/s1. The van der Waals surface area contributed by atoms with Gasteiger partial charge in [0.05, 0.1) is 0 Å². The van der Waals surface area contributed by atoms with Gasteiger partial charge in [0.15, 0.2) is 0 Å². The van der Waals surface area contributed by atoms with Crippen molar-refractivity contribution >= 4 is 11.6 Å². The number of Topliss-reactive ketones (excluding diaryl/α,β-unsaturated/α-hetero) is 1. The lowest BCUT2D eigenvalue weighted by molar-refractivity contribution is -0.124. The third kappa shape index (κ3) is 2.13. The predicted octanol–water partition coefficient (Wildman–Crippen LogP) is 3.99. The van der Waals surface area contributed by atoms with Crippen LogP contribution in [-0.2, 0) is 4.79 Å². The minimum atomic E-state index is 0.322. The highest BCUT2D eigenvalue weighted by Gasteiger charge is 2.58. The number of rotatable bonds is 2. The highest BCUT2D eigenvalue weighted by Crippen LogP contribution is 2.62. The number of hydrazone groups is 1. The Labute approximate surface area is 156 Å². The van der Waals surface area contributed by atoms with Crippen molar-refractivity contribution in [1.29, 1.82) is 0 Å². The molecule has 26 heavy (non-hydrogen) atoms. The molecule has 4 nitrogen and oxygen atoms in total. The molecule has 6 fully saturated rings. The Balaban J connectivity index is 1.33. The minimum Gasteiger partial charge on any atom is -0.336 e. The van der Waals surface area contributed by atoms with Gasteiger partial charge < -0.3 is 4.90 Å². The number of fused-ring (bicyclic) bond motifs is 2. The molecule has 7 aliphatic rings. The maximum absolute atomic E-state index is 12.0. The number of carbonyl (C=O) groups excluding carboxylic acids is 1. The summed E-state index contributed by atoms with van der Waals surface area (Å²) < 4.78 is 0. The molecule has 2 aliphatic heterocycles. The molecular weight excluding hydrogens is 322 g/mol. The fourth-order valence-corrected chi connectivity index (χ4v) is 8.10. The Kier molecular flexibility index (Phi) is 3.24. The molecule has 140 valence electrons. The maximum atomic E-state index is 12.0. The summed E-state index contributed by atoms with van der Waals surface area (Å²) >= 11 is 0. The second kappa shape index (κ2) is 5.36. The van der Waals surface area contributed by atoms with E-state index in [0.717, 1.165) is 50.0 Å². The van der Waals surface area contributed by atoms with Crippen LogP contribution in [0.15, 0.2) is 17.9 Å². The van der Waals surface area contributed by atoms with Crippen molar-refractivity contribution in [2.24, 2.45) is 40.1 Å².